The number of aromatic hydroxyl groups is 1. The monoisotopic (exact) mass is 412 g/mol. The Bertz CT molecular complexity index is 827. The Morgan fingerprint density at radius 1 is 1.13 bits per heavy atom. The van der Waals surface area contributed by atoms with Crippen LogP contribution in [0, 0.1) is 29.1 Å². The number of aryl methyl sites for hydroxylation is 1. The van der Waals surface area contributed by atoms with Crippen molar-refractivity contribution in [1.82, 2.24) is 0 Å². The normalized spacial score (nSPS) is 36.6. The number of carbonyl (C=O) groups excluding carboxylic acids is 1. The zero-order chi connectivity index (χ0) is 21.0. The van der Waals surface area contributed by atoms with Crippen LogP contribution in [0.1, 0.15) is 88.7 Å². The molecule has 5 rings (SSSR count). The van der Waals surface area contributed by atoms with Crippen LogP contribution in [-0.2, 0) is 11.2 Å². The van der Waals surface area contributed by atoms with Gasteiger partial charge in [-0.25, -0.2) is 0 Å². The van der Waals surface area contributed by atoms with Crippen molar-refractivity contribution in [2.24, 2.45) is 29.1 Å². The number of carbonyl (C=O) groups is 1. The SMILES string of the molecule is CC(C(=O)Oc1cc(O)cc2c1[C@H]1CC[C@]3(C)[C@H](O)CC[C@H]3[C@@H]1CC2)C1CCCC1. The summed E-state index contributed by atoms with van der Waals surface area (Å²) in [6.45, 7) is 4.28. The van der Waals surface area contributed by atoms with Crippen molar-refractivity contribution < 1.29 is 19.7 Å². The lowest BCUT2D eigenvalue weighted by molar-refractivity contribution is -0.140. The third-order valence-corrected chi connectivity index (χ3v) is 9.41. The van der Waals surface area contributed by atoms with Crippen LogP contribution < -0.4 is 4.74 Å². The molecule has 2 N–H and O–H groups in total. The molecule has 0 amide bonds. The van der Waals surface area contributed by atoms with Crippen LogP contribution in [0.4, 0.5) is 0 Å². The van der Waals surface area contributed by atoms with Gasteiger partial charge >= 0.3 is 5.97 Å². The molecule has 0 heterocycles. The van der Waals surface area contributed by atoms with Crippen molar-refractivity contribution in [3.63, 3.8) is 0 Å². The van der Waals surface area contributed by atoms with Gasteiger partial charge in [0.1, 0.15) is 11.5 Å². The third kappa shape index (κ3) is 3.18. The van der Waals surface area contributed by atoms with Crippen molar-refractivity contribution in [2.75, 3.05) is 0 Å². The second-order valence-corrected chi connectivity index (χ2v) is 10.8. The van der Waals surface area contributed by atoms with E-state index in [1.165, 1.54) is 18.4 Å². The molecular weight excluding hydrogens is 376 g/mol. The van der Waals surface area contributed by atoms with E-state index in [1.807, 2.05) is 13.0 Å². The topological polar surface area (TPSA) is 66.8 Å². The Morgan fingerprint density at radius 3 is 2.67 bits per heavy atom. The van der Waals surface area contributed by atoms with Gasteiger partial charge < -0.3 is 14.9 Å². The molecule has 0 spiro atoms. The number of esters is 1. The number of hydrogen-bond donors (Lipinski definition) is 2. The number of benzene rings is 1. The summed E-state index contributed by atoms with van der Waals surface area (Å²) in [5.74, 6) is 2.41. The molecule has 1 aromatic rings. The largest absolute Gasteiger partial charge is 0.508 e. The molecule has 3 fully saturated rings. The highest BCUT2D eigenvalue weighted by Gasteiger charge is 2.55. The average Bonchev–Trinajstić information content (AvgIpc) is 3.35. The van der Waals surface area contributed by atoms with E-state index in [1.54, 1.807) is 6.07 Å². The highest BCUT2D eigenvalue weighted by molar-refractivity contribution is 5.76. The van der Waals surface area contributed by atoms with Crippen LogP contribution in [-0.4, -0.2) is 22.3 Å². The fourth-order valence-electron chi connectivity index (χ4n) is 7.57. The second-order valence-electron chi connectivity index (χ2n) is 10.8. The van der Waals surface area contributed by atoms with Gasteiger partial charge in [0, 0.05) is 11.6 Å². The van der Waals surface area contributed by atoms with Crippen molar-refractivity contribution in [1.29, 1.82) is 0 Å². The first-order chi connectivity index (χ1) is 14.4. The van der Waals surface area contributed by atoms with Crippen LogP contribution in [0.25, 0.3) is 0 Å². The summed E-state index contributed by atoms with van der Waals surface area (Å²) < 4.78 is 6.03. The molecule has 6 atom stereocenters. The molecule has 4 nitrogen and oxygen atoms in total. The Morgan fingerprint density at radius 2 is 1.90 bits per heavy atom. The molecule has 164 valence electrons. The number of phenolic OH excluding ortho intramolecular Hbond substituents is 1. The van der Waals surface area contributed by atoms with Crippen molar-refractivity contribution in [3.05, 3.63) is 23.3 Å². The van der Waals surface area contributed by atoms with Crippen LogP contribution >= 0.6 is 0 Å². The van der Waals surface area contributed by atoms with E-state index in [0.717, 1.165) is 56.9 Å². The molecule has 0 aliphatic heterocycles. The van der Waals surface area contributed by atoms with Crippen molar-refractivity contribution >= 4 is 5.97 Å². The van der Waals surface area contributed by atoms with Crippen LogP contribution in [0.2, 0.25) is 0 Å². The lowest BCUT2D eigenvalue weighted by atomic mass is 9.55. The first-order valence-corrected chi connectivity index (χ1v) is 12.1. The number of aliphatic hydroxyl groups excluding tert-OH is 1. The summed E-state index contributed by atoms with van der Waals surface area (Å²) >= 11 is 0. The molecule has 1 unspecified atom stereocenters. The maximum absolute atomic E-state index is 13.0. The Labute approximate surface area is 180 Å². The molecule has 30 heavy (non-hydrogen) atoms. The van der Waals surface area contributed by atoms with E-state index < -0.39 is 0 Å². The van der Waals surface area contributed by atoms with Gasteiger partial charge in [0.05, 0.1) is 12.0 Å². The fourth-order valence-corrected chi connectivity index (χ4v) is 7.57. The fraction of sp³-hybridized carbons (Fsp3) is 0.731. The summed E-state index contributed by atoms with van der Waals surface area (Å²) in [5.41, 5.74) is 2.35. The minimum atomic E-state index is -0.186. The summed E-state index contributed by atoms with van der Waals surface area (Å²) in [6, 6.07) is 3.54. The van der Waals surface area contributed by atoms with Crippen LogP contribution in [0.3, 0.4) is 0 Å². The first-order valence-electron chi connectivity index (χ1n) is 12.1. The molecule has 1 aromatic carbocycles. The molecule has 3 saturated carbocycles. The van der Waals surface area contributed by atoms with E-state index in [9.17, 15) is 15.0 Å². The van der Waals surface area contributed by atoms with E-state index in [0.29, 0.717) is 29.4 Å². The van der Waals surface area contributed by atoms with Gasteiger partial charge in [-0.05, 0) is 92.1 Å². The number of aliphatic hydroxyl groups is 1. The van der Waals surface area contributed by atoms with Crippen LogP contribution in [0.5, 0.6) is 11.5 Å². The molecule has 0 saturated heterocycles. The van der Waals surface area contributed by atoms with E-state index in [2.05, 4.69) is 6.92 Å². The van der Waals surface area contributed by atoms with Crippen molar-refractivity contribution in [2.45, 2.75) is 90.1 Å². The maximum Gasteiger partial charge on any atom is 0.314 e. The number of rotatable bonds is 3. The zero-order valence-corrected chi connectivity index (χ0v) is 18.4. The molecular formula is C26H36O4. The van der Waals surface area contributed by atoms with Gasteiger partial charge in [-0.15, -0.1) is 0 Å². The minimum absolute atomic E-state index is 0.0312. The number of hydrogen-bond acceptors (Lipinski definition) is 4. The van der Waals surface area contributed by atoms with Gasteiger partial charge in [-0.2, -0.15) is 0 Å². The average molecular weight is 413 g/mol. The van der Waals surface area contributed by atoms with E-state index in [4.69, 9.17) is 4.74 Å². The number of ether oxygens (including phenoxy) is 1. The van der Waals surface area contributed by atoms with Gasteiger partial charge in [0.25, 0.3) is 0 Å². The lowest BCUT2D eigenvalue weighted by Gasteiger charge is -2.50. The summed E-state index contributed by atoms with van der Waals surface area (Å²) in [6.07, 6.45) is 10.5. The Hall–Kier alpha value is -1.55. The summed E-state index contributed by atoms with van der Waals surface area (Å²) in [4.78, 5) is 13.0. The Kier molecular flexibility index (Phi) is 5.12. The van der Waals surface area contributed by atoms with Gasteiger partial charge in [-0.3, -0.25) is 4.79 Å². The predicted octanol–water partition coefficient (Wildman–Crippen LogP) is 5.34. The highest BCUT2D eigenvalue weighted by atomic mass is 16.5. The third-order valence-electron chi connectivity index (χ3n) is 9.41. The minimum Gasteiger partial charge on any atom is -0.508 e. The number of fused-ring (bicyclic) bond motifs is 5. The van der Waals surface area contributed by atoms with Gasteiger partial charge in [-0.1, -0.05) is 26.7 Å². The second kappa shape index (κ2) is 7.55. The summed E-state index contributed by atoms with van der Waals surface area (Å²) in [7, 11) is 0. The maximum atomic E-state index is 13.0. The quantitative estimate of drug-likeness (QED) is 0.519. The van der Waals surface area contributed by atoms with Crippen molar-refractivity contribution in [3.8, 4) is 11.5 Å². The molecule has 0 radical (unpaired) electrons. The molecule has 4 aliphatic carbocycles. The molecule has 0 bridgehead atoms. The lowest BCUT2D eigenvalue weighted by Crippen LogP contribution is -2.44. The summed E-state index contributed by atoms with van der Waals surface area (Å²) in [5, 5.41) is 21.0. The van der Waals surface area contributed by atoms with E-state index >= 15 is 0 Å². The Balaban J connectivity index is 1.44. The first kappa shape index (κ1) is 20.4. The smallest absolute Gasteiger partial charge is 0.314 e. The predicted molar refractivity (Wildman–Crippen MR) is 115 cm³/mol. The van der Waals surface area contributed by atoms with Gasteiger partial charge in [0.2, 0.25) is 0 Å². The number of phenols is 1. The molecule has 4 heteroatoms. The highest BCUT2D eigenvalue weighted by Crippen LogP contribution is 2.62. The zero-order valence-electron chi connectivity index (χ0n) is 18.4. The molecule has 0 aromatic heterocycles. The van der Waals surface area contributed by atoms with E-state index in [-0.39, 0.29) is 29.2 Å². The van der Waals surface area contributed by atoms with Gasteiger partial charge in [0.15, 0.2) is 0 Å². The standard InChI is InChI=1S/C26H36O4/c1-15(16-5-3-4-6-16)25(29)30-22-14-18(27)13-17-7-8-19-20(24(17)22)11-12-26(2)21(19)9-10-23(26)28/h13-16,19-21,23,27-28H,3-12H2,1-2H3/t15?,19-,20+,21+,23-,26+/m1/s1. The molecule has 4 aliphatic rings. The van der Waals surface area contributed by atoms with Crippen LogP contribution in [0.15, 0.2) is 12.1 Å².